The Morgan fingerprint density at radius 2 is 1.92 bits per heavy atom. The maximum atomic E-state index is 13.1. The van der Waals surface area contributed by atoms with Gasteiger partial charge in [-0.1, -0.05) is 32.4 Å². The van der Waals surface area contributed by atoms with Crippen molar-refractivity contribution in [1.29, 1.82) is 0 Å². The second-order valence-corrected chi connectivity index (χ2v) is 4.20. The SMILES string of the molecule is Cn1nc(C(C)(C)C)c(Cl)c1F. The highest BCUT2D eigenvalue weighted by atomic mass is 35.5. The molecule has 4 heteroatoms. The Morgan fingerprint density at radius 3 is 2.08 bits per heavy atom. The number of hydrogen-bond donors (Lipinski definition) is 0. The molecular formula is C8H12ClFN2. The van der Waals surface area contributed by atoms with Crippen molar-refractivity contribution in [1.82, 2.24) is 9.78 Å². The summed E-state index contributed by atoms with van der Waals surface area (Å²) in [7, 11) is 1.54. The molecule has 0 saturated carbocycles. The lowest BCUT2D eigenvalue weighted by Gasteiger charge is -2.14. The van der Waals surface area contributed by atoms with Gasteiger partial charge in [0.25, 0.3) is 0 Å². The van der Waals surface area contributed by atoms with Gasteiger partial charge in [-0.15, -0.1) is 0 Å². The van der Waals surface area contributed by atoms with Gasteiger partial charge in [-0.3, -0.25) is 0 Å². The van der Waals surface area contributed by atoms with Crippen LogP contribution in [-0.4, -0.2) is 9.78 Å². The lowest BCUT2D eigenvalue weighted by Crippen LogP contribution is -2.12. The Labute approximate surface area is 76.3 Å². The van der Waals surface area contributed by atoms with Crippen LogP contribution in [-0.2, 0) is 12.5 Å². The van der Waals surface area contributed by atoms with Gasteiger partial charge in [0, 0.05) is 12.5 Å². The quantitative estimate of drug-likeness (QED) is 0.615. The van der Waals surface area contributed by atoms with Gasteiger partial charge in [-0.25, -0.2) is 4.68 Å². The fourth-order valence-corrected chi connectivity index (χ4v) is 1.40. The minimum absolute atomic E-state index is 0.130. The normalized spacial score (nSPS) is 12.2. The molecule has 1 aromatic heterocycles. The van der Waals surface area contributed by atoms with Gasteiger partial charge in [0.2, 0.25) is 5.95 Å². The maximum absolute atomic E-state index is 13.1. The Balaban J connectivity index is 3.28. The first kappa shape index (κ1) is 9.52. The molecular weight excluding hydrogens is 179 g/mol. The van der Waals surface area contributed by atoms with Crippen LogP contribution in [0.2, 0.25) is 5.02 Å². The number of hydrogen-bond acceptors (Lipinski definition) is 1. The summed E-state index contributed by atoms with van der Waals surface area (Å²) in [5, 5.41) is 4.12. The average molecular weight is 191 g/mol. The van der Waals surface area contributed by atoms with Crippen LogP contribution in [0.1, 0.15) is 26.5 Å². The fourth-order valence-electron chi connectivity index (χ4n) is 0.957. The highest BCUT2D eigenvalue weighted by Crippen LogP contribution is 2.29. The third-order valence-corrected chi connectivity index (χ3v) is 1.97. The molecule has 0 saturated heterocycles. The molecule has 68 valence electrons. The van der Waals surface area contributed by atoms with E-state index in [0.717, 1.165) is 4.68 Å². The highest BCUT2D eigenvalue weighted by Gasteiger charge is 2.24. The number of rotatable bonds is 0. The van der Waals surface area contributed by atoms with Crippen LogP contribution in [0.3, 0.4) is 0 Å². The first-order valence-corrected chi connectivity index (χ1v) is 4.10. The second-order valence-electron chi connectivity index (χ2n) is 3.83. The van der Waals surface area contributed by atoms with Gasteiger partial charge in [0.15, 0.2) is 0 Å². The van der Waals surface area contributed by atoms with Crippen molar-refractivity contribution in [3.8, 4) is 0 Å². The zero-order valence-corrected chi connectivity index (χ0v) is 8.41. The van der Waals surface area contributed by atoms with Gasteiger partial charge < -0.3 is 0 Å². The summed E-state index contributed by atoms with van der Waals surface area (Å²) in [5.41, 5.74) is 0.392. The van der Waals surface area contributed by atoms with Crippen molar-refractivity contribution in [2.24, 2.45) is 7.05 Å². The van der Waals surface area contributed by atoms with Crippen LogP contribution in [0.5, 0.6) is 0 Å². The van der Waals surface area contributed by atoms with E-state index in [0.29, 0.717) is 5.69 Å². The number of aromatic nitrogens is 2. The summed E-state index contributed by atoms with van der Waals surface area (Å²) in [5.74, 6) is -0.471. The van der Waals surface area contributed by atoms with Crippen molar-refractivity contribution in [2.45, 2.75) is 26.2 Å². The van der Waals surface area contributed by atoms with Crippen molar-refractivity contribution in [3.63, 3.8) is 0 Å². The maximum Gasteiger partial charge on any atom is 0.230 e. The van der Waals surface area contributed by atoms with Crippen LogP contribution < -0.4 is 0 Å². The Bertz CT molecular complexity index is 299. The molecule has 1 rings (SSSR count). The predicted octanol–water partition coefficient (Wildman–Crippen LogP) is 2.51. The van der Waals surface area contributed by atoms with Crippen molar-refractivity contribution in [2.75, 3.05) is 0 Å². The van der Waals surface area contributed by atoms with E-state index < -0.39 is 5.95 Å². The first-order chi connectivity index (χ1) is 5.34. The highest BCUT2D eigenvalue weighted by molar-refractivity contribution is 6.31. The molecule has 0 aliphatic rings. The summed E-state index contributed by atoms with van der Waals surface area (Å²) in [6, 6.07) is 0. The van der Waals surface area contributed by atoms with Crippen LogP contribution in [0.15, 0.2) is 0 Å². The number of nitrogens with zero attached hydrogens (tertiary/aromatic N) is 2. The molecule has 1 heterocycles. The summed E-state index contributed by atoms with van der Waals surface area (Å²) >= 11 is 5.74. The van der Waals surface area contributed by atoms with Crippen molar-refractivity contribution in [3.05, 3.63) is 16.7 Å². The van der Waals surface area contributed by atoms with E-state index in [9.17, 15) is 4.39 Å². The summed E-state index contributed by atoms with van der Waals surface area (Å²) < 4.78 is 14.2. The summed E-state index contributed by atoms with van der Waals surface area (Å²) in [4.78, 5) is 0. The monoisotopic (exact) mass is 190 g/mol. The molecule has 0 bridgehead atoms. The van der Waals surface area contributed by atoms with E-state index in [-0.39, 0.29) is 10.4 Å². The fraction of sp³-hybridized carbons (Fsp3) is 0.625. The van der Waals surface area contributed by atoms with Crippen molar-refractivity contribution >= 4 is 11.6 Å². The lowest BCUT2D eigenvalue weighted by molar-refractivity contribution is 0.496. The van der Waals surface area contributed by atoms with E-state index in [1.807, 2.05) is 20.8 Å². The zero-order valence-electron chi connectivity index (χ0n) is 7.65. The van der Waals surface area contributed by atoms with E-state index in [2.05, 4.69) is 5.10 Å². The Hall–Kier alpha value is -0.570. The summed E-state index contributed by atoms with van der Waals surface area (Å²) in [6.45, 7) is 5.84. The molecule has 0 aliphatic carbocycles. The predicted molar refractivity (Wildman–Crippen MR) is 46.9 cm³/mol. The van der Waals surface area contributed by atoms with E-state index >= 15 is 0 Å². The molecule has 0 aromatic carbocycles. The second kappa shape index (κ2) is 2.73. The van der Waals surface area contributed by atoms with Crippen LogP contribution in [0, 0.1) is 5.95 Å². The van der Waals surface area contributed by atoms with Gasteiger partial charge in [0.1, 0.15) is 5.02 Å². The topological polar surface area (TPSA) is 17.8 Å². The lowest BCUT2D eigenvalue weighted by atomic mass is 9.92. The molecule has 0 N–H and O–H groups in total. The molecule has 12 heavy (non-hydrogen) atoms. The molecule has 0 aliphatic heterocycles. The van der Waals surface area contributed by atoms with E-state index in [1.165, 1.54) is 7.05 Å². The molecule has 0 atom stereocenters. The zero-order chi connectivity index (χ0) is 9.52. The van der Waals surface area contributed by atoms with Crippen LogP contribution in [0.4, 0.5) is 4.39 Å². The van der Waals surface area contributed by atoms with Crippen LogP contribution >= 0.6 is 11.6 Å². The average Bonchev–Trinajstić information content (AvgIpc) is 2.15. The summed E-state index contributed by atoms with van der Waals surface area (Å²) in [6.07, 6.45) is 0. The van der Waals surface area contributed by atoms with Gasteiger partial charge >= 0.3 is 0 Å². The Morgan fingerprint density at radius 1 is 1.42 bits per heavy atom. The van der Waals surface area contributed by atoms with E-state index in [4.69, 9.17) is 11.6 Å². The smallest absolute Gasteiger partial charge is 0.230 e. The van der Waals surface area contributed by atoms with Crippen molar-refractivity contribution < 1.29 is 4.39 Å². The first-order valence-electron chi connectivity index (χ1n) is 3.72. The van der Waals surface area contributed by atoms with Gasteiger partial charge in [0.05, 0.1) is 5.69 Å². The molecule has 2 nitrogen and oxygen atoms in total. The third kappa shape index (κ3) is 1.46. The van der Waals surface area contributed by atoms with E-state index in [1.54, 1.807) is 0 Å². The molecule has 0 spiro atoms. The number of halogens is 2. The number of aryl methyl sites for hydroxylation is 1. The Kier molecular flexibility index (Phi) is 2.17. The minimum Gasteiger partial charge on any atom is -0.241 e. The molecule has 0 amide bonds. The third-order valence-electron chi connectivity index (χ3n) is 1.63. The molecule has 0 radical (unpaired) electrons. The molecule has 0 fully saturated rings. The largest absolute Gasteiger partial charge is 0.241 e. The van der Waals surface area contributed by atoms with Gasteiger partial charge in [-0.05, 0) is 0 Å². The minimum atomic E-state index is -0.471. The molecule has 1 aromatic rings. The van der Waals surface area contributed by atoms with Gasteiger partial charge in [-0.2, -0.15) is 9.49 Å². The molecule has 0 unspecified atom stereocenters. The standard InChI is InChI=1S/C8H12ClFN2/c1-8(2,3)6-5(9)7(10)12(4)11-6/h1-4H3. The van der Waals surface area contributed by atoms with Crippen LogP contribution in [0.25, 0.3) is 0 Å².